The number of amides is 1. The number of nitrogens with zero attached hydrogens (tertiary/aromatic N) is 1. The predicted molar refractivity (Wildman–Crippen MR) is 93.8 cm³/mol. The van der Waals surface area contributed by atoms with Gasteiger partial charge in [-0.25, -0.2) is 0 Å². The highest BCUT2D eigenvalue weighted by atomic mass is 19.4. The third kappa shape index (κ3) is 5.37. The first-order chi connectivity index (χ1) is 11.5. The summed E-state index contributed by atoms with van der Waals surface area (Å²) in [6.45, 7) is 9.06. The quantitative estimate of drug-likeness (QED) is 0.623. The van der Waals surface area contributed by atoms with Crippen molar-refractivity contribution in [1.82, 2.24) is 0 Å². The Labute approximate surface area is 146 Å². The van der Waals surface area contributed by atoms with Gasteiger partial charge in [-0.2, -0.15) is 13.2 Å². The van der Waals surface area contributed by atoms with E-state index in [4.69, 9.17) is 4.74 Å². The van der Waals surface area contributed by atoms with Crippen molar-refractivity contribution >= 4 is 11.6 Å². The number of ether oxygens (including phenoxy) is 1. The predicted octanol–water partition coefficient (Wildman–Crippen LogP) is 5.28. The van der Waals surface area contributed by atoms with Crippen LogP contribution in [0.2, 0.25) is 0 Å². The van der Waals surface area contributed by atoms with E-state index in [0.29, 0.717) is 18.6 Å². The van der Waals surface area contributed by atoms with Crippen LogP contribution in [-0.2, 0) is 4.79 Å². The van der Waals surface area contributed by atoms with Crippen molar-refractivity contribution in [2.75, 3.05) is 12.0 Å². The number of rotatable bonds is 7. The zero-order chi connectivity index (χ0) is 19.3. The van der Waals surface area contributed by atoms with Gasteiger partial charge in [-0.1, -0.05) is 17.7 Å². The molecule has 0 fully saturated rings. The van der Waals surface area contributed by atoms with Crippen molar-refractivity contribution in [2.24, 2.45) is 0 Å². The lowest BCUT2D eigenvalue weighted by molar-refractivity contribution is -0.171. The Balaban J connectivity index is 3.34. The molecule has 138 valence electrons. The molecule has 6 heteroatoms. The van der Waals surface area contributed by atoms with Crippen molar-refractivity contribution < 1.29 is 22.7 Å². The molecule has 0 N–H and O–H groups in total. The van der Waals surface area contributed by atoms with Gasteiger partial charge >= 0.3 is 12.1 Å². The van der Waals surface area contributed by atoms with Crippen LogP contribution >= 0.6 is 0 Å². The zero-order valence-corrected chi connectivity index (χ0v) is 15.0. The van der Waals surface area contributed by atoms with E-state index in [1.165, 1.54) is 37.5 Å². The van der Waals surface area contributed by atoms with E-state index in [1.807, 2.05) is 19.9 Å². The monoisotopic (exact) mass is 355 g/mol. The fourth-order valence-electron chi connectivity index (χ4n) is 2.46. The number of methoxy groups -OCH3 is 1. The highest BCUT2D eigenvalue weighted by Crippen LogP contribution is 2.34. The van der Waals surface area contributed by atoms with Gasteiger partial charge in [0.05, 0.1) is 12.6 Å². The maximum Gasteiger partial charge on any atom is 0.471 e. The van der Waals surface area contributed by atoms with Crippen LogP contribution in [0.1, 0.15) is 33.6 Å². The topological polar surface area (TPSA) is 29.5 Å². The molecule has 3 nitrogen and oxygen atoms in total. The molecule has 1 atom stereocenters. The highest BCUT2D eigenvalue weighted by molar-refractivity contribution is 5.99. The van der Waals surface area contributed by atoms with E-state index in [2.05, 4.69) is 6.58 Å². The van der Waals surface area contributed by atoms with E-state index in [0.717, 1.165) is 10.5 Å². The minimum atomic E-state index is -4.99. The lowest BCUT2D eigenvalue weighted by Crippen LogP contribution is -2.53. The van der Waals surface area contributed by atoms with Crippen molar-refractivity contribution in [3.8, 4) is 5.75 Å². The fraction of sp³-hybridized carbons (Fsp3) is 0.421. The number of carbonyl (C=O) groups is 1. The molecule has 0 aromatic heterocycles. The lowest BCUT2D eigenvalue weighted by atomic mass is 9.92. The van der Waals surface area contributed by atoms with Gasteiger partial charge in [0.15, 0.2) is 0 Å². The molecule has 1 aromatic carbocycles. The number of allylic oxidation sites excluding steroid dienone is 2. The van der Waals surface area contributed by atoms with Gasteiger partial charge < -0.3 is 4.74 Å². The van der Waals surface area contributed by atoms with Gasteiger partial charge in [-0.15, -0.1) is 6.58 Å². The molecule has 0 saturated heterocycles. The molecule has 0 aliphatic heterocycles. The molecule has 0 aliphatic rings. The summed E-state index contributed by atoms with van der Waals surface area (Å²) in [5.41, 5.74) is 0.0138. The summed E-state index contributed by atoms with van der Waals surface area (Å²) >= 11 is 0. The van der Waals surface area contributed by atoms with Gasteiger partial charge in [0, 0.05) is 5.69 Å². The number of hydrogen-bond donors (Lipinski definition) is 0. The number of benzene rings is 1. The summed E-state index contributed by atoms with van der Waals surface area (Å²) in [4.78, 5) is 12.9. The summed E-state index contributed by atoms with van der Waals surface area (Å²) < 4.78 is 44.6. The molecule has 1 aromatic rings. The first kappa shape index (κ1) is 20.8. The standard InChI is InChI=1S/C19H24F3NO2/c1-6-18(4,13-7-8-14(2)3)23(17(24)19(20,21)22)15-9-11-16(25-5)12-10-15/h6,8-12H,1,7,13H2,2-5H3/t18-/m1/s1. The van der Waals surface area contributed by atoms with Gasteiger partial charge in [-0.3, -0.25) is 9.69 Å². The van der Waals surface area contributed by atoms with E-state index in [9.17, 15) is 18.0 Å². The molecule has 25 heavy (non-hydrogen) atoms. The van der Waals surface area contributed by atoms with Gasteiger partial charge in [0.2, 0.25) is 0 Å². The van der Waals surface area contributed by atoms with E-state index < -0.39 is 17.6 Å². The first-order valence-corrected chi connectivity index (χ1v) is 7.87. The van der Waals surface area contributed by atoms with E-state index >= 15 is 0 Å². The third-order valence-corrected chi connectivity index (χ3v) is 3.93. The van der Waals surface area contributed by atoms with Crippen LogP contribution in [0, 0.1) is 0 Å². The number of carbonyl (C=O) groups excluding carboxylic acids is 1. The SMILES string of the molecule is C=C[C@](C)(CCC=C(C)C)N(C(=O)C(F)(F)F)c1ccc(OC)cc1. The normalized spacial score (nSPS) is 13.6. The molecule has 0 bridgehead atoms. The van der Waals surface area contributed by atoms with Crippen LogP contribution in [0.5, 0.6) is 5.75 Å². The van der Waals surface area contributed by atoms with Crippen LogP contribution in [0.15, 0.2) is 48.6 Å². The molecule has 0 radical (unpaired) electrons. The maximum absolute atomic E-state index is 13.2. The van der Waals surface area contributed by atoms with Crippen LogP contribution in [0.4, 0.5) is 18.9 Å². The van der Waals surface area contributed by atoms with Gasteiger partial charge in [-0.05, 0) is 57.9 Å². The second-order valence-corrected chi connectivity index (χ2v) is 6.22. The van der Waals surface area contributed by atoms with Crippen molar-refractivity contribution in [1.29, 1.82) is 0 Å². The smallest absolute Gasteiger partial charge is 0.471 e. The fourth-order valence-corrected chi connectivity index (χ4v) is 2.46. The van der Waals surface area contributed by atoms with Crippen LogP contribution in [0.3, 0.4) is 0 Å². The summed E-state index contributed by atoms with van der Waals surface area (Å²) in [7, 11) is 1.46. The molecule has 1 rings (SSSR count). The van der Waals surface area contributed by atoms with Crippen LogP contribution < -0.4 is 9.64 Å². The Morgan fingerprint density at radius 3 is 2.20 bits per heavy atom. The van der Waals surface area contributed by atoms with E-state index in [-0.39, 0.29) is 5.69 Å². The first-order valence-electron chi connectivity index (χ1n) is 7.87. The zero-order valence-electron chi connectivity index (χ0n) is 15.0. The minimum Gasteiger partial charge on any atom is -0.497 e. The molecular weight excluding hydrogens is 331 g/mol. The van der Waals surface area contributed by atoms with Gasteiger partial charge in [0.25, 0.3) is 0 Å². The van der Waals surface area contributed by atoms with E-state index in [1.54, 1.807) is 6.92 Å². The molecule has 0 saturated carbocycles. The third-order valence-electron chi connectivity index (χ3n) is 3.93. The Kier molecular flexibility index (Phi) is 6.85. The minimum absolute atomic E-state index is 0.141. The largest absolute Gasteiger partial charge is 0.497 e. The number of halogens is 3. The van der Waals surface area contributed by atoms with Crippen molar-refractivity contribution in [3.05, 3.63) is 48.6 Å². The second kappa shape index (κ2) is 8.23. The second-order valence-electron chi connectivity index (χ2n) is 6.22. The maximum atomic E-state index is 13.2. The number of alkyl halides is 3. The Morgan fingerprint density at radius 1 is 1.24 bits per heavy atom. The summed E-state index contributed by atoms with van der Waals surface area (Å²) in [5, 5.41) is 0. The summed E-state index contributed by atoms with van der Waals surface area (Å²) in [5.74, 6) is -1.43. The number of hydrogen-bond acceptors (Lipinski definition) is 2. The molecular formula is C19H24F3NO2. The molecule has 0 unspecified atom stereocenters. The molecule has 0 heterocycles. The lowest BCUT2D eigenvalue weighted by Gasteiger charge is -2.39. The summed E-state index contributed by atoms with van der Waals surface area (Å²) in [6, 6.07) is 5.91. The molecule has 0 aliphatic carbocycles. The van der Waals surface area contributed by atoms with Gasteiger partial charge in [0.1, 0.15) is 5.75 Å². The average molecular weight is 355 g/mol. The number of anilines is 1. The Hall–Kier alpha value is -2.24. The summed E-state index contributed by atoms with van der Waals surface area (Å²) in [6.07, 6.45) is -0.829. The Bertz CT molecular complexity index is 631. The van der Waals surface area contributed by atoms with Crippen LogP contribution in [0.25, 0.3) is 0 Å². The molecule has 0 spiro atoms. The average Bonchev–Trinajstić information content (AvgIpc) is 2.54. The van der Waals surface area contributed by atoms with Crippen LogP contribution in [-0.4, -0.2) is 24.7 Å². The van der Waals surface area contributed by atoms with Crippen molar-refractivity contribution in [2.45, 2.75) is 45.3 Å². The highest BCUT2D eigenvalue weighted by Gasteiger charge is 2.48. The van der Waals surface area contributed by atoms with Crippen molar-refractivity contribution in [3.63, 3.8) is 0 Å². The molecule has 1 amide bonds. The Morgan fingerprint density at radius 2 is 1.80 bits per heavy atom.